The van der Waals surface area contributed by atoms with Crippen molar-refractivity contribution in [2.75, 3.05) is 18.5 Å². The fourth-order valence-corrected chi connectivity index (χ4v) is 2.24. The zero-order valence-electron chi connectivity index (χ0n) is 10.5. The number of anilines is 1. The van der Waals surface area contributed by atoms with Gasteiger partial charge in [0.1, 0.15) is 12.4 Å². The van der Waals surface area contributed by atoms with Crippen LogP contribution in [0.1, 0.15) is 18.4 Å². The number of pyridine rings is 1. The minimum atomic E-state index is -4.25. The van der Waals surface area contributed by atoms with Gasteiger partial charge >= 0.3 is 6.18 Å². The molecule has 2 rings (SSSR count). The lowest BCUT2D eigenvalue weighted by Crippen LogP contribution is -2.36. The van der Waals surface area contributed by atoms with Crippen LogP contribution < -0.4 is 10.2 Å². The van der Waals surface area contributed by atoms with E-state index in [9.17, 15) is 13.2 Å². The van der Waals surface area contributed by atoms with Gasteiger partial charge in [0.15, 0.2) is 0 Å². The fourth-order valence-electron chi connectivity index (χ4n) is 1.94. The molecule has 1 saturated carbocycles. The molecule has 1 heterocycles. The molecular formula is C12H15ClF3N3. The maximum atomic E-state index is 12.6. The summed E-state index contributed by atoms with van der Waals surface area (Å²) in [7, 11) is 1.78. The van der Waals surface area contributed by atoms with E-state index in [2.05, 4.69) is 10.3 Å². The van der Waals surface area contributed by atoms with Crippen molar-refractivity contribution < 1.29 is 13.2 Å². The standard InChI is InChI=1S/C12H15ClF3N3/c1-17-5-8-4-10(13)11(18-6-8)19(9-2-3-9)7-12(14,15)16/h4,6,9,17H,2-3,5,7H2,1H3. The number of aromatic nitrogens is 1. The first-order chi connectivity index (χ1) is 8.90. The molecule has 3 nitrogen and oxygen atoms in total. The molecule has 1 aliphatic rings. The lowest BCUT2D eigenvalue weighted by molar-refractivity contribution is -0.120. The lowest BCUT2D eigenvalue weighted by Gasteiger charge is -2.25. The van der Waals surface area contributed by atoms with Crippen LogP contribution in [0.3, 0.4) is 0 Å². The Morgan fingerprint density at radius 3 is 2.63 bits per heavy atom. The summed E-state index contributed by atoms with van der Waals surface area (Å²) in [6.45, 7) is -0.425. The van der Waals surface area contributed by atoms with Gasteiger partial charge in [-0.2, -0.15) is 13.2 Å². The van der Waals surface area contributed by atoms with E-state index in [1.54, 1.807) is 19.3 Å². The lowest BCUT2D eigenvalue weighted by atomic mass is 10.2. The summed E-state index contributed by atoms with van der Waals surface area (Å²) in [5.41, 5.74) is 0.846. The zero-order chi connectivity index (χ0) is 14.0. The highest BCUT2D eigenvalue weighted by molar-refractivity contribution is 6.33. The van der Waals surface area contributed by atoms with Gasteiger partial charge < -0.3 is 10.2 Å². The summed E-state index contributed by atoms with van der Waals surface area (Å²) in [4.78, 5) is 5.35. The Morgan fingerprint density at radius 1 is 1.47 bits per heavy atom. The van der Waals surface area contributed by atoms with Crippen LogP contribution in [0.5, 0.6) is 0 Å². The van der Waals surface area contributed by atoms with Crippen LogP contribution in [0, 0.1) is 0 Å². The number of nitrogens with one attached hydrogen (secondary N) is 1. The predicted molar refractivity (Wildman–Crippen MR) is 68.4 cm³/mol. The summed E-state index contributed by atoms with van der Waals surface area (Å²) < 4.78 is 37.8. The van der Waals surface area contributed by atoms with Gasteiger partial charge in [0.25, 0.3) is 0 Å². The third-order valence-electron chi connectivity index (χ3n) is 2.87. The number of rotatable bonds is 5. The minimum absolute atomic E-state index is 0.0956. The highest BCUT2D eigenvalue weighted by atomic mass is 35.5. The van der Waals surface area contributed by atoms with Crippen LogP contribution >= 0.6 is 11.6 Å². The van der Waals surface area contributed by atoms with E-state index in [-0.39, 0.29) is 16.9 Å². The normalized spacial score (nSPS) is 15.6. The highest BCUT2D eigenvalue weighted by Crippen LogP contribution is 2.36. The maximum Gasteiger partial charge on any atom is 0.405 e. The van der Waals surface area contributed by atoms with Crippen LogP contribution in [0.2, 0.25) is 5.02 Å². The fraction of sp³-hybridized carbons (Fsp3) is 0.583. The molecule has 0 spiro atoms. The third-order valence-corrected chi connectivity index (χ3v) is 3.15. The Hall–Kier alpha value is -1.01. The van der Waals surface area contributed by atoms with Crippen molar-refractivity contribution in [3.05, 3.63) is 22.8 Å². The first-order valence-electron chi connectivity index (χ1n) is 6.03. The minimum Gasteiger partial charge on any atom is -0.343 e. The Labute approximate surface area is 114 Å². The largest absolute Gasteiger partial charge is 0.405 e. The zero-order valence-corrected chi connectivity index (χ0v) is 11.2. The van der Waals surface area contributed by atoms with Gasteiger partial charge in [-0.25, -0.2) is 4.98 Å². The van der Waals surface area contributed by atoms with Gasteiger partial charge in [0, 0.05) is 18.8 Å². The van der Waals surface area contributed by atoms with Crippen molar-refractivity contribution in [3.63, 3.8) is 0 Å². The molecule has 1 aliphatic carbocycles. The monoisotopic (exact) mass is 293 g/mol. The first kappa shape index (κ1) is 14.4. The molecule has 1 fully saturated rings. The highest BCUT2D eigenvalue weighted by Gasteiger charge is 2.39. The van der Waals surface area contributed by atoms with Crippen LogP contribution in [0.15, 0.2) is 12.3 Å². The van der Waals surface area contributed by atoms with Gasteiger partial charge in [-0.1, -0.05) is 11.6 Å². The Morgan fingerprint density at radius 2 is 2.16 bits per heavy atom. The van der Waals surface area contributed by atoms with Crippen molar-refractivity contribution in [3.8, 4) is 0 Å². The second-order valence-corrected chi connectivity index (χ2v) is 5.06. The molecule has 1 N–H and O–H groups in total. The first-order valence-corrected chi connectivity index (χ1v) is 6.41. The molecule has 0 radical (unpaired) electrons. The van der Waals surface area contributed by atoms with E-state index in [4.69, 9.17) is 11.6 Å². The van der Waals surface area contributed by atoms with Gasteiger partial charge in [-0.15, -0.1) is 0 Å². The molecule has 0 saturated heterocycles. The van der Waals surface area contributed by atoms with Crippen LogP contribution in [0.4, 0.5) is 19.0 Å². The van der Waals surface area contributed by atoms with Crippen molar-refractivity contribution in [2.45, 2.75) is 31.6 Å². The summed E-state index contributed by atoms with van der Waals surface area (Å²) in [5, 5.41) is 3.21. The Kier molecular flexibility index (Phi) is 4.20. The van der Waals surface area contributed by atoms with E-state index < -0.39 is 12.7 Å². The molecule has 0 unspecified atom stereocenters. The molecule has 0 amide bonds. The van der Waals surface area contributed by atoms with Crippen LogP contribution in [0.25, 0.3) is 0 Å². The van der Waals surface area contributed by atoms with Gasteiger partial charge in [0.05, 0.1) is 5.02 Å². The topological polar surface area (TPSA) is 28.2 Å². The van der Waals surface area contributed by atoms with Gasteiger partial charge in [-0.3, -0.25) is 0 Å². The van der Waals surface area contributed by atoms with Crippen molar-refractivity contribution in [1.29, 1.82) is 0 Å². The average molecular weight is 294 g/mol. The smallest absolute Gasteiger partial charge is 0.343 e. The van der Waals surface area contributed by atoms with E-state index in [1.165, 1.54) is 4.90 Å². The number of alkyl halides is 3. The molecule has 106 valence electrons. The second kappa shape index (κ2) is 5.54. The van der Waals surface area contributed by atoms with Gasteiger partial charge in [0.2, 0.25) is 0 Å². The van der Waals surface area contributed by atoms with E-state index in [1.807, 2.05) is 0 Å². The number of halogens is 4. The number of hydrogen-bond acceptors (Lipinski definition) is 3. The Bertz CT molecular complexity index is 446. The maximum absolute atomic E-state index is 12.6. The molecule has 1 aromatic rings. The third kappa shape index (κ3) is 3.98. The molecule has 0 bridgehead atoms. The summed E-state index contributed by atoms with van der Waals surface area (Å²) >= 11 is 6.06. The van der Waals surface area contributed by atoms with E-state index in [0.717, 1.165) is 18.4 Å². The average Bonchev–Trinajstić information content (AvgIpc) is 3.09. The Balaban J connectivity index is 2.21. The predicted octanol–water partition coefficient (Wildman–Crippen LogP) is 2.99. The quantitative estimate of drug-likeness (QED) is 0.904. The van der Waals surface area contributed by atoms with Gasteiger partial charge in [-0.05, 0) is 31.5 Å². The number of hydrogen-bond donors (Lipinski definition) is 1. The van der Waals surface area contributed by atoms with Crippen molar-refractivity contribution in [2.24, 2.45) is 0 Å². The number of nitrogens with zero attached hydrogens (tertiary/aromatic N) is 2. The summed E-state index contributed by atoms with van der Waals surface area (Å²) in [5.74, 6) is 0.223. The van der Waals surface area contributed by atoms with Crippen LogP contribution in [-0.2, 0) is 6.54 Å². The van der Waals surface area contributed by atoms with Crippen molar-refractivity contribution >= 4 is 17.4 Å². The van der Waals surface area contributed by atoms with Crippen molar-refractivity contribution in [1.82, 2.24) is 10.3 Å². The molecule has 7 heteroatoms. The second-order valence-electron chi connectivity index (χ2n) is 4.65. The molecular weight excluding hydrogens is 279 g/mol. The summed E-state index contributed by atoms with van der Waals surface area (Å²) in [6.07, 6.45) is -1.18. The molecule has 19 heavy (non-hydrogen) atoms. The molecule has 1 aromatic heterocycles. The summed E-state index contributed by atoms with van der Waals surface area (Å²) in [6, 6.07) is 1.56. The molecule has 0 aromatic carbocycles. The van der Waals surface area contributed by atoms with E-state index in [0.29, 0.717) is 6.54 Å². The SMILES string of the molecule is CNCc1cnc(N(CC(F)(F)F)C2CC2)c(Cl)c1. The molecule has 0 atom stereocenters. The van der Waals surface area contributed by atoms with Crippen LogP contribution in [-0.4, -0.2) is 30.8 Å². The van der Waals surface area contributed by atoms with E-state index >= 15 is 0 Å². The molecule has 0 aliphatic heterocycles.